The minimum absolute atomic E-state index is 0.00579. The van der Waals surface area contributed by atoms with Crippen LogP contribution in [0, 0.1) is 0 Å². The Morgan fingerprint density at radius 2 is 1.29 bits per heavy atom. The summed E-state index contributed by atoms with van der Waals surface area (Å²) in [7, 11) is 0. The molecule has 3 rings (SSSR count). The molecule has 0 unspecified atom stereocenters. The fraction of sp³-hybridized carbons (Fsp3) is 0. The smallest absolute Gasteiger partial charge is 0.197 e. The molecule has 4 heteroatoms. The largest absolute Gasteiger partial charge is 0.399 e. The number of nitrogens with one attached hydrogen (secondary N) is 1. The van der Waals surface area contributed by atoms with Gasteiger partial charge in [0.25, 0.3) is 0 Å². The van der Waals surface area contributed by atoms with Crippen LogP contribution in [-0.2, 0) is 0 Å². The zero-order valence-corrected chi connectivity index (χ0v) is 9.03. The molecule has 0 bridgehead atoms. The van der Waals surface area contributed by atoms with E-state index in [1.807, 2.05) is 0 Å². The fourth-order valence-electron chi connectivity index (χ4n) is 2.02. The van der Waals surface area contributed by atoms with Gasteiger partial charge in [0.15, 0.2) is 5.43 Å². The maximum atomic E-state index is 12.2. The Balaban J connectivity index is 2.57. The number of rotatable bonds is 0. The second-order valence-electron chi connectivity index (χ2n) is 4.06. The van der Waals surface area contributed by atoms with Crippen LogP contribution in [0.3, 0.4) is 0 Å². The van der Waals surface area contributed by atoms with Crippen molar-refractivity contribution in [3.8, 4) is 0 Å². The van der Waals surface area contributed by atoms with Gasteiger partial charge in [-0.25, -0.2) is 0 Å². The van der Waals surface area contributed by atoms with E-state index in [-0.39, 0.29) is 5.43 Å². The first-order chi connectivity index (χ1) is 8.15. The van der Waals surface area contributed by atoms with E-state index >= 15 is 0 Å². The van der Waals surface area contributed by atoms with Crippen LogP contribution in [0.5, 0.6) is 0 Å². The summed E-state index contributed by atoms with van der Waals surface area (Å²) >= 11 is 0. The van der Waals surface area contributed by atoms with E-state index in [0.29, 0.717) is 22.1 Å². The highest BCUT2D eigenvalue weighted by atomic mass is 16.1. The number of anilines is 2. The number of nitrogen functional groups attached to an aromatic ring is 2. The first-order valence-electron chi connectivity index (χ1n) is 5.26. The van der Waals surface area contributed by atoms with Crippen LogP contribution in [-0.4, -0.2) is 4.98 Å². The van der Waals surface area contributed by atoms with E-state index in [1.54, 1.807) is 36.4 Å². The number of pyridine rings is 1. The molecule has 0 atom stereocenters. The molecule has 84 valence electrons. The quantitative estimate of drug-likeness (QED) is 0.403. The third kappa shape index (κ3) is 1.42. The van der Waals surface area contributed by atoms with E-state index in [2.05, 4.69) is 4.98 Å². The van der Waals surface area contributed by atoms with Crippen LogP contribution in [0.25, 0.3) is 21.8 Å². The molecule has 0 saturated carbocycles. The predicted molar refractivity (Wildman–Crippen MR) is 70.9 cm³/mol. The van der Waals surface area contributed by atoms with Crippen molar-refractivity contribution in [1.82, 2.24) is 4.98 Å². The lowest BCUT2D eigenvalue weighted by Crippen LogP contribution is -2.04. The molecule has 0 fully saturated rings. The molecule has 0 amide bonds. The van der Waals surface area contributed by atoms with Crippen molar-refractivity contribution in [1.29, 1.82) is 0 Å². The van der Waals surface area contributed by atoms with Gasteiger partial charge in [0.05, 0.1) is 11.0 Å². The van der Waals surface area contributed by atoms with Gasteiger partial charge in [-0.2, -0.15) is 0 Å². The Morgan fingerprint density at radius 3 is 1.76 bits per heavy atom. The van der Waals surface area contributed by atoms with Crippen molar-refractivity contribution in [2.75, 3.05) is 11.5 Å². The van der Waals surface area contributed by atoms with Crippen molar-refractivity contribution in [3.63, 3.8) is 0 Å². The molecule has 0 aliphatic carbocycles. The Labute approximate surface area is 96.9 Å². The maximum absolute atomic E-state index is 12.2. The van der Waals surface area contributed by atoms with E-state index in [9.17, 15) is 4.79 Å². The molecule has 0 saturated heterocycles. The highest BCUT2D eigenvalue weighted by molar-refractivity contribution is 5.94. The minimum Gasteiger partial charge on any atom is -0.399 e. The van der Waals surface area contributed by atoms with Crippen LogP contribution in [0.1, 0.15) is 0 Å². The van der Waals surface area contributed by atoms with Gasteiger partial charge in [-0.15, -0.1) is 0 Å². The first kappa shape index (κ1) is 9.72. The molecule has 0 spiro atoms. The van der Waals surface area contributed by atoms with Crippen molar-refractivity contribution >= 4 is 33.2 Å². The third-order valence-electron chi connectivity index (χ3n) is 2.85. The Bertz CT molecular complexity index is 727. The highest BCUT2D eigenvalue weighted by Crippen LogP contribution is 2.18. The Hall–Kier alpha value is -2.49. The molecule has 0 aliphatic heterocycles. The molecule has 1 heterocycles. The number of H-pyrrole nitrogens is 1. The molecule has 1 aromatic heterocycles. The van der Waals surface area contributed by atoms with Gasteiger partial charge in [0.1, 0.15) is 0 Å². The van der Waals surface area contributed by atoms with Crippen molar-refractivity contribution < 1.29 is 0 Å². The van der Waals surface area contributed by atoms with E-state index in [1.165, 1.54) is 0 Å². The maximum Gasteiger partial charge on any atom is 0.197 e. The number of benzene rings is 2. The van der Waals surface area contributed by atoms with Gasteiger partial charge < -0.3 is 16.5 Å². The average Bonchev–Trinajstić information content (AvgIpc) is 2.28. The van der Waals surface area contributed by atoms with Gasteiger partial charge in [-0.1, -0.05) is 0 Å². The van der Waals surface area contributed by atoms with Crippen LogP contribution >= 0.6 is 0 Å². The molecule has 4 nitrogen and oxygen atoms in total. The summed E-state index contributed by atoms with van der Waals surface area (Å²) in [4.78, 5) is 15.4. The predicted octanol–water partition coefficient (Wildman–Crippen LogP) is 1.85. The minimum atomic E-state index is -0.00579. The lowest BCUT2D eigenvalue weighted by molar-refractivity contribution is 1.48. The number of aromatic amines is 1. The average molecular weight is 225 g/mol. The molecular formula is C13H11N3O. The standard InChI is InChI=1S/C13H11N3O/c14-7-1-3-9-11(5-7)16-12-6-8(15)2-4-10(12)13(9)17/h1-6H,14-15H2,(H,16,17). The number of aromatic nitrogens is 1. The number of hydrogen-bond acceptors (Lipinski definition) is 3. The first-order valence-corrected chi connectivity index (χ1v) is 5.26. The van der Waals surface area contributed by atoms with Crippen LogP contribution < -0.4 is 16.9 Å². The summed E-state index contributed by atoms with van der Waals surface area (Å²) in [6.07, 6.45) is 0. The number of hydrogen-bond donors (Lipinski definition) is 3. The topological polar surface area (TPSA) is 84.9 Å². The van der Waals surface area contributed by atoms with Crippen LogP contribution in [0.4, 0.5) is 11.4 Å². The molecule has 0 radical (unpaired) electrons. The molecular weight excluding hydrogens is 214 g/mol. The molecule has 3 aromatic rings. The SMILES string of the molecule is Nc1ccc2c(=O)c3ccc(N)cc3[nH]c2c1. The van der Waals surface area contributed by atoms with Crippen molar-refractivity contribution in [2.24, 2.45) is 0 Å². The second kappa shape index (κ2) is 3.25. The molecule has 0 aliphatic rings. The summed E-state index contributed by atoms with van der Waals surface area (Å²) in [5.74, 6) is 0. The molecule has 17 heavy (non-hydrogen) atoms. The lowest BCUT2D eigenvalue weighted by Gasteiger charge is -2.04. The summed E-state index contributed by atoms with van der Waals surface area (Å²) in [6.45, 7) is 0. The number of fused-ring (bicyclic) bond motifs is 2. The third-order valence-corrected chi connectivity index (χ3v) is 2.85. The zero-order chi connectivity index (χ0) is 12.0. The van der Waals surface area contributed by atoms with E-state index in [4.69, 9.17) is 11.5 Å². The van der Waals surface area contributed by atoms with Crippen LogP contribution in [0.15, 0.2) is 41.2 Å². The lowest BCUT2D eigenvalue weighted by atomic mass is 10.1. The van der Waals surface area contributed by atoms with Crippen LogP contribution in [0.2, 0.25) is 0 Å². The van der Waals surface area contributed by atoms with E-state index in [0.717, 1.165) is 11.0 Å². The monoisotopic (exact) mass is 225 g/mol. The fourth-order valence-corrected chi connectivity index (χ4v) is 2.02. The molecule has 2 aromatic carbocycles. The van der Waals surface area contributed by atoms with Gasteiger partial charge in [0.2, 0.25) is 0 Å². The summed E-state index contributed by atoms with van der Waals surface area (Å²) < 4.78 is 0. The summed E-state index contributed by atoms with van der Waals surface area (Å²) in [6, 6.07) is 10.4. The van der Waals surface area contributed by atoms with Crippen molar-refractivity contribution in [2.45, 2.75) is 0 Å². The van der Waals surface area contributed by atoms with Gasteiger partial charge in [0, 0.05) is 22.1 Å². The van der Waals surface area contributed by atoms with Gasteiger partial charge in [-0.3, -0.25) is 4.79 Å². The van der Waals surface area contributed by atoms with Gasteiger partial charge >= 0.3 is 0 Å². The molecule has 5 N–H and O–H groups in total. The Morgan fingerprint density at radius 1 is 0.824 bits per heavy atom. The van der Waals surface area contributed by atoms with Crippen molar-refractivity contribution in [3.05, 3.63) is 46.6 Å². The second-order valence-corrected chi connectivity index (χ2v) is 4.06. The Kier molecular flexibility index (Phi) is 1.86. The zero-order valence-electron chi connectivity index (χ0n) is 9.03. The number of nitrogens with two attached hydrogens (primary N) is 2. The summed E-state index contributed by atoms with van der Waals surface area (Å²) in [5.41, 5.74) is 14.1. The normalized spacial score (nSPS) is 11.1. The summed E-state index contributed by atoms with van der Waals surface area (Å²) in [5, 5.41) is 1.27. The highest BCUT2D eigenvalue weighted by Gasteiger charge is 2.05. The van der Waals surface area contributed by atoms with Gasteiger partial charge in [-0.05, 0) is 36.4 Å². The van der Waals surface area contributed by atoms with E-state index < -0.39 is 0 Å².